The van der Waals surface area contributed by atoms with Gasteiger partial charge in [0.15, 0.2) is 6.10 Å². The fourth-order valence-corrected chi connectivity index (χ4v) is 2.80. The third kappa shape index (κ3) is 4.72. The van der Waals surface area contributed by atoms with Crippen LogP contribution in [0.25, 0.3) is 11.0 Å². The number of ether oxygens (including phenoxy) is 2. The van der Waals surface area contributed by atoms with Gasteiger partial charge < -0.3 is 13.9 Å². The maximum absolute atomic E-state index is 12.3. The molecular formula is C22H20N2O6. The summed E-state index contributed by atoms with van der Waals surface area (Å²) in [5, 5.41) is 4.67. The van der Waals surface area contributed by atoms with Gasteiger partial charge in [-0.2, -0.15) is 5.10 Å². The third-order valence-electron chi connectivity index (χ3n) is 4.35. The molecule has 1 heterocycles. The van der Waals surface area contributed by atoms with E-state index in [0.717, 1.165) is 10.9 Å². The van der Waals surface area contributed by atoms with Gasteiger partial charge in [0.1, 0.15) is 11.3 Å². The second-order valence-corrected chi connectivity index (χ2v) is 6.48. The Labute approximate surface area is 172 Å². The van der Waals surface area contributed by atoms with Crippen LogP contribution in [0.1, 0.15) is 28.4 Å². The molecule has 1 N–H and O–H groups in total. The summed E-state index contributed by atoms with van der Waals surface area (Å²) < 4.78 is 15.5. The van der Waals surface area contributed by atoms with Crippen molar-refractivity contribution in [2.75, 3.05) is 7.11 Å². The monoisotopic (exact) mass is 408 g/mol. The molecule has 0 spiro atoms. The molecule has 3 aromatic rings. The number of carbonyl (C=O) groups is 2. The molecule has 1 amide bonds. The van der Waals surface area contributed by atoms with Crippen molar-refractivity contribution in [3.05, 3.63) is 75.6 Å². The fourth-order valence-electron chi connectivity index (χ4n) is 2.80. The molecule has 154 valence electrons. The lowest BCUT2D eigenvalue weighted by molar-refractivity contribution is -0.127. The number of benzene rings is 2. The Kier molecular flexibility index (Phi) is 6.26. The summed E-state index contributed by atoms with van der Waals surface area (Å²) in [5.41, 5.74) is 3.91. The van der Waals surface area contributed by atoms with Gasteiger partial charge in [0.05, 0.1) is 18.9 Å². The Bertz CT molecular complexity index is 1180. The zero-order valence-electron chi connectivity index (χ0n) is 16.7. The first-order valence-corrected chi connectivity index (χ1v) is 9.10. The number of hydrazone groups is 1. The number of esters is 1. The lowest BCUT2D eigenvalue weighted by Gasteiger charge is -2.13. The highest BCUT2D eigenvalue weighted by molar-refractivity contribution is 5.99. The minimum absolute atomic E-state index is 0.329. The summed E-state index contributed by atoms with van der Waals surface area (Å²) in [6.07, 6.45) is 0.483. The van der Waals surface area contributed by atoms with Crippen molar-refractivity contribution in [3.63, 3.8) is 0 Å². The molecule has 0 bridgehead atoms. The number of methoxy groups -OCH3 is 1. The van der Waals surface area contributed by atoms with Crippen molar-refractivity contribution in [3.8, 4) is 5.75 Å². The lowest BCUT2D eigenvalue weighted by atomic mass is 10.1. The van der Waals surface area contributed by atoms with Crippen LogP contribution in [0.4, 0.5) is 0 Å². The smallest absolute Gasteiger partial charge is 0.338 e. The average Bonchev–Trinajstić information content (AvgIpc) is 2.73. The van der Waals surface area contributed by atoms with Gasteiger partial charge in [0, 0.05) is 23.1 Å². The van der Waals surface area contributed by atoms with Gasteiger partial charge in [-0.3, -0.25) is 4.79 Å². The van der Waals surface area contributed by atoms with Crippen LogP contribution in [0.3, 0.4) is 0 Å². The number of aryl methyl sites for hydroxylation is 1. The highest BCUT2D eigenvalue weighted by atomic mass is 16.5. The normalized spacial score (nSPS) is 12.0. The summed E-state index contributed by atoms with van der Waals surface area (Å²) in [6, 6.07) is 13.1. The molecule has 0 saturated heterocycles. The SMILES string of the molecule is COC(=O)c1ccccc1/C=N\NC(=O)[C@@H](C)Oc1ccc2c(C)cc(=O)oc2c1. The van der Waals surface area contributed by atoms with Crippen molar-refractivity contribution in [2.24, 2.45) is 5.10 Å². The highest BCUT2D eigenvalue weighted by Crippen LogP contribution is 2.23. The second-order valence-electron chi connectivity index (χ2n) is 6.48. The summed E-state index contributed by atoms with van der Waals surface area (Å²) in [5.74, 6) is -0.621. The standard InChI is InChI=1S/C22H20N2O6/c1-13-10-20(25)30-19-11-16(8-9-17(13)19)29-14(2)21(26)24-23-12-15-6-4-5-7-18(15)22(27)28-3/h4-12,14H,1-3H3,(H,24,26)/b23-12-/t14-/m1/s1. The highest BCUT2D eigenvalue weighted by Gasteiger charge is 2.15. The molecule has 2 aromatic carbocycles. The van der Waals surface area contributed by atoms with E-state index in [9.17, 15) is 14.4 Å². The van der Waals surface area contributed by atoms with E-state index in [4.69, 9.17) is 13.9 Å². The van der Waals surface area contributed by atoms with E-state index in [0.29, 0.717) is 22.5 Å². The van der Waals surface area contributed by atoms with Crippen LogP contribution in [0.5, 0.6) is 5.75 Å². The molecule has 0 aliphatic rings. The van der Waals surface area contributed by atoms with Gasteiger partial charge in [-0.1, -0.05) is 18.2 Å². The molecule has 1 aromatic heterocycles. The lowest BCUT2D eigenvalue weighted by Crippen LogP contribution is -2.33. The molecule has 3 rings (SSSR count). The Morgan fingerprint density at radius 3 is 2.70 bits per heavy atom. The molecule has 0 aliphatic carbocycles. The van der Waals surface area contributed by atoms with Gasteiger partial charge in [-0.05, 0) is 37.6 Å². The van der Waals surface area contributed by atoms with Gasteiger partial charge in [0.2, 0.25) is 0 Å². The molecule has 1 atom stereocenters. The summed E-state index contributed by atoms with van der Waals surface area (Å²) in [7, 11) is 1.29. The third-order valence-corrected chi connectivity index (χ3v) is 4.35. The number of nitrogens with zero attached hydrogens (tertiary/aromatic N) is 1. The largest absolute Gasteiger partial charge is 0.481 e. The van der Waals surface area contributed by atoms with Crippen LogP contribution >= 0.6 is 0 Å². The molecule has 0 unspecified atom stereocenters. The summed E-state index contributed by atoms with van der Waals surface area (Å²) >= 11 is 0. The van der Waals surface area contributed by atoms with E-state index in [1.54, 1.807) is 49.4 Å². The van der Waals surface area contributed by atoms with E-state index in [2.05, 4.69) is 10.5 Å². The minimum atomic E-state index is -0.869. The molecule has 0 radical (unpaired) electrons. The van der Waals surface area contributed by atoms with E-state index in [1.165, 1.54) is 19.4 Å². The quantitative estimate of drug-likeness (QED) is 0.291. The van der Waals surface area contributed by atoms with Crippen molar-refractivity contribution < 1.29 is 23.5 Å². The Morgan fingerprint density at radius 2 is 1.93 bits per heavy atom. The number of nitrogens with one attached hydrogen (secondary N) is 1. The van der Waals surface area contributed by atoms with Crippen LogP contribution in [-0.2, 0) is 9.53 Å². The predicted octanol–water partition coefficient (Wildman–Crippen LogP) is 2.81. The van der Waals surface area contributed by atoms with E-state index >= 15 is 0 Å². The maximum Gasteiger partial charge on any atom is 0.338 e. The second kappa shape index (κ2) is 9.04. The molecule has 8 heteroatoms. The van der Waals surface area contributed by atoms with E-state index < -0.39 is 23.6 Å². The van der Waals surface area contributed by atoms with Gasteiger partial charge in [-0.25, -0.2) is 15.0 Å². The van der Waals surface area contributed by atoms with Crippen molar-refractivity contribution >= 4 is 29.1 Å². The first-order valence-electron chi connectivity index (χ1n) is 9.10. The molecule has 0 aliphatic heterocycles. The zero-order chi connectivity index (χ0) is 21.7. The fraction of sp³-hybridized carbons (Fsp3) is 0.182. The zero-order valence-corrected chi connectivity index (χ0v) is 16.7. The number of hydrogen-bond donors (Lipinski definition) is 1. The summed E-state index contributed by atoms with van der Waals surface area (Å²) in [4.78, 5) is 35.6. The number of fused-ring (bicyclic) bond motifs is 1. The molecular weight excluding hydrogens is 388 g/mol. The first kappa shape index (κ1) is 20.8. The minimum Gasteiger partial charge on any atom is -0.481 e. The van der Waals surface area contributed by atoms with Gasteiger partial charge >= 0.3 is 11.6 Å². The molecule has 0 saturated carbocycles. The number of hydrogen-bond acceptors (Lipinski definition) is 7. The number of carbonyl (C=O) groups excluding carboxylic acids is 2. The van der Waals surface area contributed by atoms with Crippen LogP contribution in [0.15, 0.2) is 62.8 Å². The molecule has 30 heavy (non-hydrogen) atoms. The van der Waals surface area contributed by atoms with Crippen molar-refractivity contribution in [2.45, 2.75) is 20.0 Å². The van der Waals surface area contributed by atoms with Crippen LogP contribution in [0.2, 0.25) is 0 Å². The topological polar surface area (TPSA) is 107 Å². The van der Waals surface area contributed by atoms with E-state index in [-0.39, 0.29) is 0 Å². The summed E-state index contributed by atoms with van der Waals surface area (Å²) in [6.45, 7) is 3.37. The molecule has 8 nitrogen and oxygen atoms in total. The van der Waals surface area contributed by atoms with Crippen LogP contribution < -0.4 is 15.8 Å². The average molecular weight is 408 g/mol. The van der Waals surface area contributed by atoms with Crippen LogP contribution in [-0.4, -0.2) is 31.3 Å². The number of amides is 1. The Balaban J connectivity index is 1.67. The Morgan fingerprint density at radius 1 is 1.17 bits per heavy atom. The van der Waals surface area contributed by atoms with Crippen LogP contribution in [0, 0.1) is 6.92 Å². The van der Waals surface area contributed by atoms with Gasteiger partial charge in [0.25, 0.3) is 5.91 Å². The number of rotatable bonds is 6. The first-order chi connectivity index (χ1) is 14.4. The van der Waals surface area contributed by atoms with E-state index in [1.807, 2.05) is 6.92 Å². The van der Waals surface area contributed by atoms with Gasteiger partial charge in [-0.15, -0.1) is 0 Å². The Hall–Kier alpha value is -3.94. The predicted molar refractivity (Wildman–Crippen MR) is 111 cm³/mol. The van der Waals surface area contributed by atoms with Crippen molar-refractivity contribution in [1.82, 2.24) is 5.43 Å². The maximum atomic E-state index is 12.3. The molecule has 0 fully saturated rings. The van der Waals surface area contributed by atoms with Crippen molar-refractivity contribution in [1.29, 1.82) is 0 Å².